The van der Waals surface area contributed by atoms with Gasteiger partial charge in [-0.1, -0.05) is 17.7 Å². The smallest absolute Gasteiger partial charge is 0.243 e. The Labute approximate surface area is 149 Å². The molecular formula is C17H26ClN3O3. The lowest BCUT2D eigenvalue weighted by atomic mass is 10.1. The van der Waals surface area contributed by atoms with Crippen LogP contribution in [0.4, 0.5) is 5.69 Å². The Balaban J connectivity index is 0.00000288. The van der Waals surface area contributed by atoms with E-state index in [-0.39, 0.29) is 36.8 Å². The van der Waals surface area contributed by atoms with Gasteiger partial charge < -0.3 is 20.7 Å². The molecule has 1 aliphatic heterocycles. The molecule has 7 heteroatoms. The molecule has 2 rings (SSSR count). The first-order valence-electron chi connectivity index (χ1n) is 7.91. The van der Waals surface area contributed by atoms with Crippen LogP contribution in [0.3, 0.4) is 0 Å². The molecular weight excluding hydrogens is 330 g/mol. The highest BCUT2D eigenvalue weighted by molar-refractivity contribution is 5.95. The van der Waals surface area contributed by atoms with Crippen LogP contribution in [0.2, 0.25) is 0 Å². The first kappa shape index (κ1) is 20.4. The summed E-state index contributed by atoms with van der Waals surface area (Å²) in [6.07, 6.45) is 0.315. The molecule has 2 amide bonds. The predicted octanol–water partition coefficient (Wildman–Crippen LogP) is 1.47. The lowest BCUT2D eigenvalue weighted by Crippen LogP contribution is -2.45. The van der Waals surface area contributed by atoms with Gasteiger partial charge in [0.05, 0.1) is 19.8 Å². The van der Waals surface area contributed by atoms with Crippen molar-refractivity contribution in [3.05, 3.63) is 28.8 Å². The Morgan fingerprint density at radius 1 is 1.21 bits per heavy atom. The van der Waals surface area contributed by atoms with Gasteiger partial charge in [0.2, 0.25) is 11.8 Å². The Kier molecular flexibility index (Phi) is 8.18. The van der Waals surface area contributed by atoms with E-state index in [2.05, 4.69) is 16.0 Å². The summed E-state index contributed by atoms with van der Waals surface area (Å²) in [4.78, 5) is 23.9. The summed E-state index contributed by atoms with van der Waals surface area (Å²) < 4.78 is 5.30. The minimum atomic E-state index is -0.221. The fraction of sp³-hybridized carbons (Fsp3) is 0.529. The topological polar surface area (TPSA) is 79.5 Å². The lowest BCUT2D eigenvalue weighted by Gasteiger charge is -2.23. The molecule has 1 unspecified atom stereocenters. The molecule has 1 saturated heterocycles. The first-order valence-corrected chi connectivity index (χ1v) is 7.91. The van der Waals surface area contributed by atoms with Crippen molar-refractivity contribution in [2.45, 2.75) is 33.2 Å². The number of benzene rings is 1. The number of rotatable bonds is 5. The van der Waals surface area contributed by atoms with Crippen LogP contribution in [0.15, 0.2) is 12.1 Å². The summed E-state index contributed by atoms with van der Waals surface area (Å²) in [6, 6.07) is 4.07. The summed E-state index contributed by atoms with van der Waals surface area (Å²) in [7, 11) is 0. The second kappa shape index (κ2) is 9.61. The van der Waals surface area contributed by atoms with Gasteiger partial charge in [-0.3, -0.25) is 9.59 Å². The number of aryl methyl sites for hydroxylation is 3. The van der Waals surface area contributed by atoms with E-state index in [9.17, 15) is 9.59 Å². The normalized spacial score (nSPS) is 16.9. The molecule has 1 aromatic rings. The predicted molar refractivity (Wildman–Crippen MR) is 96.8 cm³/mol. The van der Waals surface area contributed by atoms with Crippen molar-refractivity contribution in [2.75, 3.05) is 31.6 Å². The molecule has 3 N–H and O–H groups in total. The third kappa shape index (κ3) is 6.11. The molecule has 24 heavy (non-hydrogen) atoms. The highest BCUT2D eigenvalue weighted by Gasteiger charge is 2.17. The Morgan fingerprint density at radius 3 is 2.46 bits per heavy atom. The molecule has 1 atom stereocenters. The second-order valence-corrected chi connectivity index (χ2v) is 6.03. The molecule has 1 fully saturated rings. The van der Waals surface area contributed by atoms with E-state index in [0.29, 0.717) is 19.6 Å². The number of ether oxygens (including phenoxy) is 1. The number of carbonyl (C=O) groups excluding carboxylic acids is 2. The molecule has 1 aromatic carbocycles. The van der Waals surface area contributed by atoms with E-state index in [4.69, 9.17) is 4.74 Å². The van der Waals surface area contributed by atoms with Crippen LogP contribution in [-0.4, -0.2) is 44.2 Å². The van der Waals surface area contributed by atoms with Crippen LogP contribution in [0.5, 0.6) is 0 Å². The van der Waals surface area contributed by atoms with Crippen molar-refractivity contribution in [3.63, 3.8) is 0 Å². The molecule has 0 radical (unpaired) electrons. The van der Waals surface area contributed by atoms with Gasteiger partial charge in [0.1, 0.15) is 0 Å². The van der Waals surface area contributed by atoms with Gasteiger partial charge >= 0.3 is 0 Å². The van der Waals surface area contributed by atoms with Crippen LogP contribution in [0, 0.1) is 20.8 Å². The number of morpholine rings is 1. The molecule has 1 aliphatic rings. The van der Waals surface area contributed by atoms with Gasteiger partial charge in [-0.2, -0.15) is 0 Å². The van der Waals surface area contributed by atoms with E-state index < -0.39 is 0 Å². The number of carbonyl (C=O) groups is 2. The summed E-state index contributed by atoms with van der Waals surface area (Å²) in [6.45, 7) is 7.88. The maximum absolute atomic E-state index is 12.0. The maximum atomic E-state index is 12.0. The zero-order valence-corrected chi connectivity index (χ0v) is 15.2. The summed E-state index contributed by atoms with van der Waals surface area (Å²) in [5, 5.41) is 8.74. The molecule has 0 bridgehead atoms. The van der Waals surface area contributed by atoms with Crippen molar-refractivity contribution in [3.8, 4) is 0 Å². The molecule has 0 spiro atoms. The zero-order chi connectivity index (χ0) is 16.8. The highest BCUT2D eigenvalue weighted by atomic mass is 35.5. The van der Waals surface area contributed by atoms with Gasteiger partial charge in [-0.25, -0.2) is 0 Å². The van der Waals surface area contributed by atoms with Crippen molar-refractivity contribution in [2.24, 2.45) is 0 Å². The number of halogens is 1. The fourth-order valence-electron chi connectivity index (χ4n) is 2.79. The van der Waals surface area contributed by atoms with Gasteiger partial charge in [0.25, 0.3) is 0 Å². The van der Waals surface area contributed by atoms with Crippen LogP contribution in [0.25, 0.3) is 0 Å². The number of hydrogen-bond donors (Lipinski definition) is 3. The molecule has 0 saturated carbocycles. The maximum Gasteiger partial charge on any atom is 0.243 e. The molecule has 0 aliphatic carbocycles. The first-order chi connectivity index (χ1) is 11.0. The van der Waals surface area contributed by atoms with Crippen LogP contribution in [0.1, 0.15) is 23.1 Å². The molecule has 134 valence electrons. The molecule has 1 heterocycles. The number of hydrogen-bond acceptors (Lipinski definition) is 4. The van der Waals surface area contributed by atoms with Crippen molar-refractivity contribution in [1.29, 1.82) is 0 Å². The third-order valence-electron chi connectivity index (χ3n) is 3.82. The average Bonchev–Trinajstić information content (AvgIpc) is 2.50. The van der Waals surface area contributed by atoms with E-state index in [1.807, 2.05) is 32.9 Å². The zero-order valence-electron chi connectivity index (χ0n) is 14.4. The van der Waals surface area contributed by atoms with Crippen LogP contribution in [-0.2, 0) is 14.3 Å². The van der Waals surface area contributed by atoms with Crippen LogP contribution >= 0.6 is 12.4 Å². The van der Waals surface area contributed by atoms with E-state index in [0.717, 1.165) is 28.9 Å². The monoisotopic (exact) mass is 355 g/mol. The standard InChI is InChI=1S/C17H25N3O3.ClH/c1-11-6-12(2)17(13(3)7-11)20-16(22)9-19-15(21)8-14-10-23-5-4-18-14;/h6-7,14,18H,4-5,8-10H2,1-3H3,(H,19,21)(H,20,22);1H. The lowest BCUT2D eigenvalue weighted by molar-refractivity contribution is -0.125. The minimum Gasteiger partial charge on any atom is -0.378 e. The Morgan fingerprint density at radius 2 is 1.88 bits per heavy atom. The Hall–Kier alpha value is -1.63. The van der Waals surface area contributed by atoms with Crippen molar-refractivity contribution >= 4 is 29.9 Å². The van der Waals surface area contributed by atoms with Crippen molar-refractivity contribution < 1.29 is 14.3 Å². The van der Waals surface area contributed by atoms with E-state index in [1.165, 1.54) is 0 Å². The van der Waals surface area contributed by atoms with Gasteiger partial charge in [0, 0.05) is 24.7 Å². The minimum absolute atomic E-state index is 0. The second-order valence-electron chi connectivity index (χ2n) is 6.03. The average molecular weight is 356 g/mol. The van der Waals surface area contributed by atoms with Gasteiger partial charge in [-0.05, 0) is 31.9 Å². The quantitative estimate of drug-likeness (QED) is 0.747. The van der Waals surface area contributed by atoms with Crippen molar-refractivity contribution in [1.82, 2.24) is 10.6 Å². The number of anilines is 1. The summed E-state index contributed by atoms with van der Waals surface area (Å²) in [5.74, 6) is -0.373. The molecule has 6 nitrogen and oxygen atoms in total. The largest absolute Gasteiger partial charge is 0.378 e. The number of amides is 2. The van der Waals surface area contributed by atoms with Crippen LogP contribution < -0.4 is 16.0 Å². The molecule has 0 aromatic heterocycles. The van der Waals surface area contributed by atoms with E-state index in [1.54, 1.807) is 0 Å². The van der Waals surface area contributed by atoms with E-state index >= 15 is 0 Å². The fourth-order valence-corrected chi connectivity index (χ4v) is 2.79. The van der Waals surface area contributed by atoms with Gasteiger partial charge in [0.15, 0.2) is 0 Å². The third-order valence-corrected chi connectivity index (χ3v) is 3.82. The Bertz CT molecular complexity index is 563. The summed E-state index contributed by atoms with van der Waals surface area (Å²) in [5.41, 5.74) is 4.02. The SMILES string of the molecule is Cc1cc(C)c(NC(=O)CNC(=O)CC2COCCN2)c(C)c1.Cl. The van der Waals surface area contributed by atoms with Gasteiger partial charge in [-0.15, -0.1) is 12.4 Å². The summed E-state index contributed by atoms with van der Waals surface area (Å²) >= 11 is 0. The highest BCUT2D eigenvalue weighted by Crippen LogP contribution is 2.21. The number of nitrogens with one attached hydrogen (secondary N) is 3.